The molecule has 9 aromatic rings. The van der Waals surface area contributed by atoms with E-state index < -0.39 is 23.5 Å². The Balaban J connectivity index is 1.15. The number of rotatable bonds is 4. The highest BCUT2D eigenvalue weighted by Gasteiger charge is 2.37. The van der Waals surface area contributed by atoms with Crippen LogP contribution in [0, 0.1) is 0 Å². The molecule has 0 saturated carbocycles. The van der Waals surface area contributed by atoms with Crippen molar-refractivity contribution in [1.82, 2.24) is 4.98 Å². The van der Waals surface area contributed by atoms with Crippen molar-refractivity contribution in [2.75, 3.05) is 0 Å². The molecule has 9 rings (SSSR count). The fourth-order valence-electron chi connectivity index (χ4n) is 7.23. The zero-order valence-electron chi connectivity index (χ0n) is 27.6. The van der Waals surface area contributed by atoms with E-state index in [1.54, 1.807) is 35.6 Å². The molecule has 1 aromatic heterocycles. The number of alkyl halides is 6. The van der Waals surface area contributed by atoms with Crippen LogP contribution in [-0.4, -0.2) is 4.98 Å². The van der Waals surface area contributed by atoms with Gasteiger partial charge in [-0.05, 0) is 108 Å². The Morgan fingerprint density at radius 1 is 0.396 bits per heavy atom. The van der Waals surface area contributed by atoms with E-state index in [1.165, 1.54) is 0 Å². The normalized spacial score (nSPS) is 12.3. The van der Waals surface area contributed by atoms with E-state index >= 15 is 0 Å². The van der Waals surface area contributed by atoms with E-state index in [4.69, 9.17) is 4.98 Å². The first-order valence-corrected chi connectivity index (χ1v) is 17.6. The summed E-state index contributed by atoms with van der Waals surface area (Å²) in [4.78, 5) is 4.78. The lowest BCUT2D eigenvalue weighted by Crippen LogP contribution is -2.11. The number of para-hydroxylation sites is 1. The Kier molecular flexibility index (Phi) is 7.64. The SMILES string of the molecule is FC(F)(F)c1cc(-c2c3ccccc3c(-c3ccc4cc(-c5ccc(-c6nc7ccccc7s6)cc5)ccc4c3)c3ccccc23)cc(C(F)(F)F)c1. The first kappa shape index (κ1) is 32.9. The van der Waals surface area contributed by atoms with Crippen molar-refractivity contribution in [3.8, 4) is 44.0 Å². The zero-order chi connectivity index (χ0) is 36.5. The van der Waals surface area contributed by atoms with Gasteiger partial charge in [0.1, 0.15) is 5.01 Å². The molecule has 0 unspecified atom stereocenters. The molecule has 8 heteroatoms. The van der Waals surface area contributed by atoms with E-state index in [0.29, 0.717) is 16.3 Å². The van der Waals surface area contributed by atoms with Gasteiger partial charge in [0.2, 0.25) is 0 Å². The highest BCUT2D eigenvalue weighted by molar-refractivity contribution is 7.21. The van der Waals surface area contributed by atoms with Crippen molar-refractivity contribution in [3.63, 3.8) is 0 Å². The highest BCUT2D eigenvalue weighted by Crippen LogP contribution is 2.46. The maximum atomic E-state index is 14.0. The first-order chi connectivity index (χ1) is 25.5. The Hall–Kier alpha value is -5.99. The minimum Gasteiger partial charge on any atom is -0.236 e. The molecule has 0 N–H and O–H groups in total. The van der Waals surface area contributed by atoms with Gasteiger partial charge in [-0.1, -0.05) is 109 Å². The van der Waals surface area contributed by atoms with Gasteiger partial charge in [-0.2, -0.15) is 26.3 Å². The number of benzene rings is 8. The predicted molar refractivity (Wildman–Crippen MR) is 204 cm³/mol. The number of thiazole rings is 1. The van der Waals surface area contributed by atoms with Crippen LogP contribution in [0.2, 0.25) is 0 Å². The van der Waals surface area contributed by atoms with Crippen molar-refractivity contribution < 1.29 is 26.3 Å². The Labute approximate surface area is 303 Å². The molecule has 0 atom stereocenters. The number of hydrogen-bond donors (Lipinski definition) is 0. The van der Waals surface area contributed by atoms with E-state index in [-0.39, 0.29) is 11.6 Å². The minimum absolute atomic E-state index is 0.148. The van der Waals surface area contributed by atoms with Gasteiger partial charge in [0.15, 0.2) is 0 Å². The zero-order valence-corrected chi connectivity index (χ0v) is 28.4. The van der Waals surface area contributed by atoms with Gasteiger partial charge in [-0.15, -0.1) is 11.3 Å². The summed E-state index contributed by atoms with van der Waals surface area (Å²) in [5, 5.41) is 5.53. The van der Waals surface area contributed by atoms with E-state index in [9.17, 15) is 26.3 Å². The van der Waals surface area contributed by atoms with Gasteiger partial charge in [-0.3, -0.25) is 0 Å². The molecule has 0 amide bonds. The van der Waals surface area contributed by atoms with Gasteiger partial charge < -0.3 is 0 Å². The molecule has 0 bridgehead atoms. The number of aromatic nitrogens is 1. The lowest BCUT2D eigenvalue weighted by Gasteiger charge is -2.20. The van der Waals surface area contributed by atoms with Crippen LogP contribution < -0.4 is 0 Å². The molecular weight excluding hydrogens is 701 g/mol. The fraction of sp³-hybridized carbons (Fsp3) is 0.0444. The number of hydrogen-bond acceptors (Lipinski definition) is 2. The molecule has 0 aliphatic carbocycles. The van der Waals surface area contributed by atoms with Crippen molar-refractivity contribution >= 4 is 53.9 Å². The van der Waals surface area contributed by atoms with Crippen LogP contribution in [0.4, 0.5) is 26.3 Å². The average molecular weight is 726 g/mol. The third-order valence-corrected chi connectivity index (χ3v) is 10.8. The van der Waals surface area contributed by atoms with Crippen molar-refractivity contribution in [2.45, 2.75) is 12.4 Å². The quantitative estimate of drug-likeness (QED) is 0.130. The molecule has 0 fully saturated rings. The molecular formula is C45H25F6NS. The minimum atomic E-state index is -4.97. The smallest absolute Gasteiger partial charge is 0.236 e. The second-order valence-electron chi connectivity index (χ2n) is 13.0. The number of fused-ring (bicyclic) bond motifs is 4. The molecule has 0 aliphatic heterocycles. The molecule has 1 heterocycles. The standard InChI is InChI=1S/C45H25F6NS/c46-44(47,48)33-23-32(24-34(25-33)45(49,50)51)42-37-9-3-1-7-35(37)41(36-8-2-4-10-38(36)42)31-20-19-29-21-28(17-18-30(29)22-31)26-13-15-27(16-14-26)43-52-39-11-5-6-12-40(39)53-43/h1-25H. The van der Waals surface area contributed by atoms with Crippen molar-refractivity contribution in [1.29, 1.82) is 0 Å². The van der Waals surface area contributed by atoms with Crippen molar-refractivity contribution in [2.24, 2.45) is 0 Å². The molecule has 1 nitrogen and oxygen atoms in total. The Morgan fingerprint density at radius 3 is 1.40 bits per heavy atom. The lowest BCUT2D eigenvalue weighted by atomic mass is 9.85. The second-order valence-corrected chi connectivity index (χ2v) is 14.0. The first-order valence-electron chi connectivity index (χ1n) is 16.8. The number of halogens is 6. The molecule has 258 valence electrons. The lowest BCUT2D eigenvalue weighted by molar-refractivity contribution is -0.143. The maximum absolute atomic E-state index is 14.0. The van der Waals surface area contributed by atoms with Crippen LogP contribution in [-0.2, 0) is 12.4 Å². The van der Waals surface area contributed by atoms with Gasteiger partial charge in [0.05, 0.1) is 21.3 Å². The molecule has 0 saturated heterocycles. The summed E-state index contributed by atoms with van der Waals surface area (Å²) in [6, 6.07) is 45.0. The van der Waals surface area contributed by atoms with Crippen LogP contribution in [0.3, 0.4) is 0 Å². The van der Waals surface area contributed by atoms with E-state index in [0.717, 1.165) is 76.7 Å². The maximum Gasteiger partial charge on any atom is 0.416 e. The molecule has 0 spiro atoms. The van der Waals surface area contributed by atoms with Crippen LogP contribution in [0.1, 0.15) is 11.1 Å². The van der Waals surface area contributed by atoms with Gasteiger partial charge in [0.25, 0.3) is 0 Å². The summed E-state index contributed by atoms with van der Waals surface area (Å²) in [6.07, 6.45) is -9.93. The predicted octanol–water partition coefficient (Wildman–Crippen LogP) is 14.5. The van der Waals surface area contributed by atoms with Crippen molar-refractivity contribution in [3.05, 3.63) is 163 Å². The van der Waals surface area contributed by atoms with E-state index in [2.05, 4.69) is 54.6 Å². The molecule has 0 radical (unpaired) electrons. The summed E-state index contributed by atoms with van der Waals surface area (Å²) < 4.78 is 84.9. The summed E-state index contributed by atoms with van der Waals surface area (Å²) >= 11 is 1.66. The third kappa shape index (κ3) is 5.89. The van der Waals surface area contributed by atoms with E-state index in [1.807, 2.05) is 54.6 Å². The average Bonchev–Trinajstić information content (AvgIpc) is 3.60. The van der Waals surface area contributed by atoms with Gasteiger partial charge in [0, 0.05) is 5.56 Å². The summed E-state index contributed by atoms with van der Waals surface area (Å²) in [5.74, 6) is 0. The van der Waals surface area contributed by atoms with Gasteiger partial charge in [-0.25, -0.2) is 4.98 Å². The van der Waals surface area contributed by atoms with Gasteiger partial charge >= 0.3 is 12.4 Å². The van der Waals surface area contributed by atoms with Crippen LogP contribution in [0.15, 0.2) is 152 Å². The fourth-order valence-corrected chi connectivity index (χ4v) is 8.20. The molecule has 53 heavy (non-hydrogen) atoms. The third-order valence-electron chi connectivity index (χ3n) is 9.70. The monoisotopic (exact) mass is 725 g/mol. The van der Waals surface area contributed by atoms with Crippen LogP contribution in [0.25, 0.3) is 86.5 Å². The number of nitrogens with zero attached hydrogens (tertiary/aromatic N) is 1. The second kappa shape index (κ2) is 12.3. The van der Waals surface area contributed by atoms with Crippen LogP contribution >= 0.6 is 11.3 Å². The topological polar surface area (TPSA) is 12.9 Å². The summed E-state index contributed by atoms with van der Waals surface area (Å²) in [5.41, 5.74) is 3.36. The molecule has 8 aromatic carbocycles. The van der Waals surface area contributed by atoms with Crippen LogP contribution in [0.5, 0.6) is 0 Å². The summed E-state index contributed by atoms with van der Waals surface area (Å²) in [7, 11) is 0. The highest BCUT2D eigenvalue weighted by atomic mass is 32.1. The Morgan fingerprint density at radius 2 is 0.849 bits per heavy atom. The summed E-state index contributed by atoms with van der Waals surface area (Å²) in [6.45, 7) is 0. The molecule has 0 aliphatic rings. The Bertz CT molecular complexity index is 2740. The largest absolute Gasteiger partial charge is 0.416 e.